The lowest BCUT2D eigenvalue weighted by atomic mass is 10.2. The summed E-state index contributed by atoms with van der Waals surface area (Å²) in [7, 11) is 3.83. The van der Waals surface area contributed by atoms with E-state index in [1.54, 1.807) is 22.5 Å². The number of carbonyl (C=O) groups is 2. The van der Waals surface area contributed by atoms with Crippen LogP contribution in [0, 0.1) is 0 Å². The fraction of sp³-hybridized carbons (Fsp3) is 0.526. The maximum absolute atomic E-state index is 13.0. The van der Waals surface area contributed by atoms with Gasteiger partial charge in [-0.05, 0) is 25.6 Å². The number of aromatic nitrogens is 2. The van der Waals surface area contributed by atoms with Gasteiger partial charge in [-0.2, -0.15) is 0 Å². The number of hydrogen-bond acceptors (Lipinski definition) is 4. The lowest BCUT2D eigenvalue weighted by Gasteiger charge is -2.32. The average Bonchev–Trinajstić information content (AvgIpc) is 3.05. The summed E-state index contributed by atoms with van der Waals surface area (Å²) in [6.45, 7) is 5.84. The molecule has 2 amide bonds. The summed E-state index contributed by atoms with van der Waals surface area (Å²) in [5.41, 5.74) is 1.05. The number of rotatable bonds is 5. The summed E-state index contributed by atoms with van der Waals surface area (Å²) in [6, 6.07) is 5.56. The summed E-state index contributed by atoms with van der Waals surface area (Å²) in [4.78, 5) is 36.0. The molecule has 0 unspecified atom stereocenters. The first-order chi connectivity index (χ1) is 12.5. The molecule has 2 aromatic heterocycles. The van der Waals surface area contributed by atoms with Crippen molar-refractivity contribution >= 4 is 17.3 Å². The molecule has 0 aliphatic carbocycles. The van der Waals surface area contributed by atoms with Gasteiger partial charge < -0.3 is 14.7 Å². The third-order valence-electron chi connectivity index (χ3n) is 4.93. The highest BCUT2D eigenvalue weighted by Gasteiger charge is 2.27. The number of pyridine rings is 1. The van der Waals surface area contributed by atoms with Gasteiger partial charge in [0, 0.05) is 46.0 Å². The van der Waals surface area contributed by atoms with Crippen LogP contribution in [0.3, 0.4) is 0 Å². The van der Waals surface area contributed by atoms with Gasteiger partial charge in [0.1, 0.15) is 0 Å². The van der Waals surface area contributed by atoms with Crippen LogP contribution in [0.2, 0.25) is 0 Å². The largest absolute Gasteiger partial charge is 0.339 e. The summed E-state index contributed by atoms with van der Waals surface area (Å²) in [6.07, 6.45) is 3.76. The molecular weight excluding hydrogens is 330 g/mol. The lowest BCUT2D eigenvalue weighted by Crippen LogP contribution is -2.47. The van der Waals surface area contributed by atoms with Gasteiger partial charge in [-0.25, -0.2) is 4.98 Å². The van der Waals surface area contributed by atoms with E-state index in [-0.39, 0.29) is 11.8 Å². The number of carbonyl (C=O) groups excluding carboxylic acids is 2. The molecule has 3 heterocycles. The van der Waals surface area contributed by atoms with Gasteiger partial charge in [-0.3, -0.25) is 14.0 Å². The molecule has 1 aliphatic heterocycles. The van der Waals surface area contributed by atoms with Gasteiger partial charge in [-0.15, -0.1) is 0 Å². The van der Waals surface area contributed by atoms with Crippen molar-refractivity contribution in [2.45, 2.75) is 19.8 Å². The summed E-state index contributed by atoms with van der Waals surface area (Å²) in [5.74, 6) is 0.0471. The number of imidazole rings is 1. The van der Waals surface area contributed by atoms with Crippen molar-refractivity contribution < 1.29 is 9.59 Å². The van der Waals surface area contributed by atoms with Gasteiger partial charge >= 0.3 is 0 Å². The average molecular weight is 357 g/mol. The maximum Gasteiger partial charge on any atom is 0.289 e. The van der Waals surface area contributed by atoms with Crippen LogP contribution in [0.1, 0.15) is 40.9 Å². The summed E-state index contributed by atoms with van der Waals surface area (Å²) >= 11 is 0. The zero-order chi connectivity index (χ0) is 18.7. The van der Waals surface area contributed by atoms with Crippen LogP contribution in [0.4, 0.5) is 0 Å². The molecule has 0 atom stereocenters. The first-order valence-corrected chi connectivity index (χ1v) is 9.23. The first kappa shape index (κ1) is 18.4. The van der Waals surface area contributed by atoms with E-state index in [0.29, 0.717) is 36.7 Å². The highest BCUT2D eigenvalue weighted by Crippen LogP contribution is 2.17. The number of fused-ring (bicyclic) bond motifs is 1. The Balaban J connectivity index is 1.92. The highest BCUT2D eigenvalue weighted by molar-refractivity contribution is 6.02. The summed E-state index contributed by atoms with van der Waals surface area (Å²) < 4.78 is 1.73. The molecule has 0 aromatic carbocycles. The second-order valence-corrected chi connectivity index (χ2v) is 6.92. The topological polar surface area (TPSA) is 61.2 Å². The molecule has 7 heteroatoms. The van der Waals surface area contributed by atoms with Gasteiger partial charge in [0.15, 0.2) is 5.69 Å². The van der Waals surface area contributed by atoms with E-state index in [2.05, 4.69) is 23.9 Å². The minimum atomic E-state index is -0.155. The molecule has 0 spiro atoms. The van der Waals surface area contributed by atoms with Gasteiger partial charge in [-0.1, -0.05) is 19.4 Å². The number of unbranched alkanes of at least 4 members (excludes halogenated alkanes) is 1. The zero-order valence-electron chi connectivity index (χ0n) is 15.8. The molecule has 1 aliphatic rings. The van der Waals surface area contributed by atoms with Crippen molar-refractivity contribution in [2.24, 2.45) is 0 Å². The van der Waals surface area contributed by atoms with Crippen LogP contribution in [0.25, 0.3) is 5.52 Å². The molecule has 2 aromatic rings. The Kier molecular flexibility index (Phi) is 5.56. The smallest absolute Gasteiger partial charge is 0.289 e. The molecule has 1 saturated heterocycles. The van der Waals surface area contributed by atoms with Crippen molar-refractivity contribution in [2.75, 3.05) is 46.8 Å². The third-order valence-corrected chi connectivity index (χ3v) is 4.93. The second-order valence-electron chi connectivity index (χ2n) is 6.92. The number of nitrogens with zero attached hydrogens (tertiary/aromatic N) is 5. The van der Waals surface area contributed by atoms with Gasteiger partial charge in [0.05, 0.1) is 5.52 Å². The van der Waals surface area contributed by atoms with Gasteiger partial charge in [0.2, 0.25) is 5.82 Å². The second kappa shape index (κ2) is 7.86. The van der Waals surface area contributed by atoms with E-state index >= 15 is 0 Å². The molecule has 0 bridgehead atoms. The van der Waals surface area contributed by atoms with E-state index < -0.39 is 0 Å². The monoisotopic (exact) mass is 357 g/mol. The molecule has 1 fully saturated rings. The third kappa shape index (κ3) is 3.58. The van der Waals surface area contributed by atoms with Crippen LogP contribution in [-0.2, 0) is 0 Å². The number of amides is 2. The Morgan fingerprint density at radius 2 is 1.92 bits per heavy atom. The first-order valence-electron chi connectivity index (χ1n) is 9.23. The molecule has 0 N–H and O–H groups in total. The predicted molar refractivity (Wildman–Crippen MR) is 100 cm³/mol. The minimum Gasteiger partial charge on any atom is -0.339 e. The Hall–Kier alpha value is -2.41. The molecule has 3 rings (SSSR count). The Morgan fingerprint density at radius 3 is 2.62 bits per heavy atom. The number of hydrogen-bond donors (Lipinski definition) is 0. The van der Waals surface area contributed by atoms with E-state index in [0.717, 1.165) is 25.9 Å². The van der Waals surface area contributed by atoms with Crippen molar-refractivity contribution in [3.05, 3.63) is 35.9 Å². The van der Waals surface area contributed by atoms with Crippen molar-refractivity contribution in [3.63, 3.8) is 0 Å². The number of likely N-dealkylation sites (N-methyl/N-ethyl adjacent to an activating group) is 1. The Labute approximate surface area is 154 Å². The fourth-order valence-electron chi connectivity index (χ4n) is 3.17. The van der Waals surface area contributed by atoms with E-state index in [1.807, 2.05) is 23.1 Å². The standard InChI is InChI=1S/C19H27N5O2/c1-4-5-9-22(3)19(26)17-20-16(15-8-6-7-10-24(15)17)18(25)23-13-11-21(2)12-14-23/h6-8,10H,4-5,9,11-14H2,1-3H3. The minimum absolute atomic E-state index is 0.0999. The van der Waals surface area contributed by atoms with Crippen LogP contribution in [0.5, 0.6) is 0 Å². The van der Waals surface area contributed by atoms with Crippen LogP contribution in [-0.4, -0.2) is 82.7 Å². The predicted octanol–water partition coefficient (Wildman–Crippen LogP) is 1.59. The molecule has 0 radical (unpaired) electrons. The van der Waals surface area contributed by atoms with Gasteiger partial charge in [0.25, 0.3) is 11.8 Å². The molecule has 0 saturated carbocycles. The fourth-order valence-corrected chi connectivity index (χ4v) is 3.17. The highest BCUT2D eigenvalue weighted by atomic mass is 16.2. The van der Waals surface area contributed by atoms with Crippen LogP contribution in [0.15, 0.2) is 24.4 Å². The van der Waals surface area contributed by atoms with Crippen molar-refractivity contribution in [1.82, 2.24) is 24.1 Å². The van der Waals surface area contributed by atoms with Crippen LogP contribution < -0.4 is 0 Å². The zero-order valence-corrected chi connectivity index (χ0v) is 15.8. The van der Waals surface area contributed by atoms with E-state index in [1.165, 1.54) is 0 Å². The molecule has 26 heavy (non-hydrogen) atoms. The normalized spacial score (nSPS) is 15.4. The SMILES string of the molecule is CCCCN(C)C(=O)c1nc(C(=O)N2CCN(C)CC2)c2ccccn12. The maximum atomic E-state index is 13.0. The lowest BCUT2D eigenvalue weighted by molar-refractivity contribution is 0.0660. The van der Waals surface area contributed by atoms with Crippen molar-refractivity contribution in [3.8, 4) is 0 Å². The van der Waals surface area contributed by atoms with E-state index in [9.17, 15) is 9.59 Å². The Bertz CT molecular complexity index is 792. The molecule has 140 valence electrons. The quantitative estimate of drug-likeness (QED) is 0.815. The van der Waals surface area contributed by atoms with Crippen molar-refractivity contribution in [1.29, 1.82) is 0 Å². The molecule has 7 nitrogen and oxygen atoms in total. The Morgan fingerprint density at radius 1 is 1.19 bits per heavy atom. The van der Waals surface area contributed by atoms with E-state index in [4.69, 9.17) is 0 Å². The van der Waals surface area contributed by atoms with Crippen LogP contribution >= 0.6 is 0 Å². The summed E-state index contributed by atoms with van der Waals surface area (Å²) in [5, 5.41) is 0. The molecular formula is C19H27N5O2. The number of piperazine rings is 1.